The van der Waals surface area contributed by atoms with E-state index in [1.807, 2.05) is 30.3 Å². The first-order valence-corrected chi connectivity index (χ1v) is 9.59. The van der Waals surface area contributed by atoms with Crippen LogP contribution in [0.1, 0.15) is 20.7 Å². The van der Waals surface area contributed by atoms with Gasteiger partial charge in [-0.3, -0.25) is 9.59 Å². The van der Waals surface area contributed by atoms with Crippen LogP contribution in [0.4, 0.5) is 17.5 Å². The minimum atomic E-state index is -0.652. The Morgan fingerprint density at radius 1 is 1.16 bits per heavy atom. The minimum absolute atomic E-state index is 0.151. The molecule has 0 spiro atoms. The number of primary amides is 1. The number of hydrogen-bond acceptors (Lipinski definition) is 8. The average molecular weight is 423 g/mol. The molecule has 0 saturated heterocycles. The number of rotatable bonds is 9. The molecule has 0 aliphatic rings. The molecule has 10 nitrogen and oxygen atoms in total. The summed E-state index contributed by atoms with van der Waals surface area (Å²) in [5.41, 5.74) is 12.8. The number of amides is 2. The summed E-state index contributed by atoms with van der Waals surface area (Å²) in [6, 6.07) is 10.8. The highest BCUT2D eigenvalue weighted by atomic mass is 16.5. The maximum atomic E-state index is 11.8. The van der Waals surface area contributed by atoms with Crippen LogP contribution in [-0.2, 0) is 4.74 Å². The minimum Gasteiger partial charge on any atom is -0.383 e. The smallest absolute Gasteiger partial charge is 0.254 e. The fourth-order valence-corrected chi connectivity index (χ4v) is 2.98. The lowest BCUT2D eigenvalue weighted by Gasteiger charge is -2.14. The van der Waals surface area contributed by atoms with Crippen LogP contribution >= 0.6 is 0 Å². The maximum Gasteiger partial charge on any atom is 0.254 e. The molecule has 0 aliphatic heterocycles. The third-order valence-electron chi connectivity index (χ3n) is 4.55. The van der Waals surface area contributed by atoms with Gasteiger partial charge in [0.25, 0.3) is 11.8 Å². The van der Waals surface area contributed by atoms with E-state index in [1.165, 1.54) is 6.20 Å². The second-order valence-electron chi connectivity index (χ2n) is 6.90. The molecule has 2 aromatic carbocycles. The van der Waals surface area contributed by atoms with E-state index in [9.17, 15) is 9.59 Å². The lowest BCUT2D eigenvalue weighted by Crippen LogP contribution is -2.33. The fourth-order valence-electron chi connectivity index (χ4n) is 2.98. The largest absolute Gasteiger partial charge is 0.383 e. The van der Waals surface area contributed by atoms with Crippen LogP contribution in [0.2, 0.25) is 0 Å². The van der Waals surface area contributed by atoms with Gasteiger partial charge in [0.05, 0.1) is 6.61 Å². The van der Waals surface area contributed by atoms with E-state index in [2.05, 4.69) is 25.9 Å². The van der Waals surface area contributed by atoms with Crippen molar-refractivity contribution in [3.8, 4) is 0 Å². The summed E-state index contributed by atoms with van der Waals surface area (Å²) in [5.74, 6) is -0.232. The van der Waals surface area contributed by atoms with E-state index in [4.69, 9.17) is 16.2 Å². The first-order valence-electron chi connectivity index (χ1n) is 9.59. The van der Waals surface area contributed by atoms with E-state index in [1.54, 1.807) is 20.2 Å². The quantitative estimate of drug-likeness (QED) is 0.344. The summed E-state index contributed by atoms with van der Waals surface area (Å²) in [6.45, 7) is 0.781. The number of aromatic nitrogens is 2. The molecule has 31 heavy (non-hydrogen) atoms. The number of anilines is 3. The van der Waals surface area contributed by atoms with E-state index >= 15 is 0 Å². The number of benzene rings is 2. The molecular weight excluding hydrogens is 398 g/mol. The zero-order chi connectivity index (χ0) is 22.4. The van der Waals surface area contributed by atoms with Gasteiger partial charge in [-0.1, -0.05) is 12.1 Å². The Labute approximate surface area is 179 Å². The third-order valence-corrected chi connectivity index (χ3v) is 4.55. The van der Waals surface area contributed by atoms with Gasteiger partial charge in [-0.2, -0.15) is 4.98 Å². The first kappa shape index (κ1) is 21.9. The lowest BCUT2D eigenvalue weighted by atomic mass is 10.1. The molecule has 2 amide bonds. The molecule has 10 heteroatoms. The summed E-state index contributed by atoms with van der Waals surface area (Å²) in [7, 11) is 3.16. The van der Waals surface area contributed by atoms with Gasteiger partial charge in [0.15, 0.2) is 0 Å². The number of hydrogen-bond donors (Lipinski definition) is 5. The zero-order valence-corrected chi connectivity index (χ0v) is 17.3. The number of nitrogens with two attached hydrogens (primary N) is 2. The second-order valence-corrected chi connectivity index (χ2v) is 6.90. The van der Waals surface area contributed by atoms with Crippen molar-refractivity contribution in [1.29, 1.82) is 0 Å². The van der Waals surface area contributed by atoms with E-state index in [0.29, 0.717) is 30.4 Å². The fraction of sp³-hybridized carbons (Fsp3) is 0.238. The average Bonchev–Trinajstić information content (AvgIpc) is 2.77. The highest BCUT2D eigenvalue weighted by Gasteiger charge is 2.14. The van der Waals surface area contributed by atoms with Crippen LogP contribution in [0.5, 0.6) is 0 Å². The van der Waals surface area contributed by atoms with Crippen LogP contribution in [0, 0.1) is 0 Å². The van der Waals surface area contributed by atoms with E-state index in [0.717, 1.165) is 10.8 Å². The number of fused-ring (bicyclic) bond motifs is 1. The molecule has 0 radical (unpaired) electrons. The van der Waals surface area contributed by atoms with Crippen LogP contribution in [-0.4, -0.2) is 55.1 Å². The topological polar surface area (TPSA) is 157 Å². The van der Waals surface area contributed by atoms with Gasteiger partial charge in [-0.05, 0) is 35.0 Å². The van der Waals surface area contributed by atoms with Crippen molar-refractivity contribution in [3.05, 3.63) is 53.7 Å². The monoisotopic (exact) mass is 423 g/mol. The van der Waals surface area contributed by atoms with Gasteiger partial charge in [0.1, 0.15) is 11.4 Å². The number of methoxy groups -OCH3 is 1. The van der Waals surface area contributed by atoms with Gasteiger partial charge in [0, 0.05) is 44.2 Å². The summed E-state index contributed by atoms with van der Waals surface area (Å²) in [4.78, 5) is 32.1. The predicted molar refractivity (Wildman–Crippen MR) is 120 cm³/mol. The Bertz CT molecular complexity index is 1100. The molecule has 3 rings (SSSR count). The number of ether oxygens (including phenoxy) is 1. The molecule has 0 fully saturated rings. The van der Waals surface area contributed by atoms with E-state index < -0.39 is 5.91 Å². The highest BCUT2D eigenvalue weighted by molar-refractivity contribution is 6.00. The van der Waals surface area contributed by atoms with Crippen LogP contribution < -0.4 is 27.4 Å². The summed E-state index contributed by atoms with van der Waals surface area (Å²) in [5, 5.41) is 10.6. The number of nitrogens with one attached hydrogen (secondary N) is 3. The Hall–Kier alpha value is -3.76. The molecule has 1 aromatic heterocycles. The lowest BCUT2D eigenvalue weighted by molar-refractivity contribution is 0.0961. The van der Waals surface area contributed by atoms with Crippen molar-refractivity contribution in [1.82, 2.24) is 15.3 Å². The Balaban J connectivity index is 1.85. The Morgan fingerprint density at radius 3 is 2.61 bits per heavy atom. The third kappa shape index (κ3) is 5.44. The molecule has 7 N–H and O–H groups in total. The molecular formula is C21H25N7O3. The SMILES string of the molecule is CNC(=O)c1ccc2cc(Nc3nc(NCC(N)COC)ncc3C(N)=O)ccc2c1. The zero-order valence-electron chi connectivity index (χ0n) is 17.3. The van der Waals surface area contributed by atoms with Crippen molar-refractivity contribution in [3.63, 3.8) is 0 Å². The molecule has 0 aliphatic carbocycles. The molecule has 1 atom stereocenters. The summed E-state index contributed by atoms with van der Waals surface area (Å²) < 4.78 is 5.01. The molecule has 3 aromatic rings. The van der Waals surface area contributed by atoms with Gasteiger partial charge >= 0.3 is 0 Å². The van der Waals surface area contributed by atoms with Crippen molar-refractivity contribution >= 4 is 40.0 Å². The molecule has 0 bridgehead atoms. The van der Waals surface area contributed by atoms with Crippen molar-refractivity contribution in [2.75, 3.05) is 37.9 Å². The predicted octanol–water partition coefficient (Wildman–Crippen LogP) is 1.22. The molecule has 1 heterocycles. The van der Waals surface area contributed by atoms with E-state index in [-0.39, 0.29) is 23.3 Å². The van der Waals surface area contributed by atoms with Gasteiger partial charge in [0.2, 0.25) is 5.95 Å². The van der Waals surface area contributed by atoms with Gasteiger partial charge in [-0.25, -0.2) is 4.98 Å². The highest BCUT2D eigenvalue weighted by Crippen LogP contribution is 2.24. The molecule has 162 valence electrons. The van der Waals surface area contributed by atoms with Crippen LogP contribution in [0.25, 0.3) is 10.8 Å². The maximum absolute atomic E-state index is 11.8. The second kappa shape index (κ2) is 9.83. The number of carbonyl (C=O) groups excluding carboxylic acids is 2. The Morgan fingerprint density at radius 2 is 1.90 bits per heavy atom. The summed E-state index contributed by atoms with van der Waals surface area (Å²) >= 11 is 0. The summed E-state index contributed by atoms with van der Waals surface area (Å²) in [6.07, 6.45) is 1.36. The Kier molecular flexibility index (Phi) is 6.96. The number of carbonyl (C=O) groups is 2. The van der Waals surface area contributed by atoms with Crippen LogP contribution in [0.15, 0.2) is 42.6 Å². The molecule has 1 unspecified atom stereocenters. The van der Waals surface area contributed by atoms with Crippen LogP contribution in [0.3, 0.4) is 0 Å². The standard InChI is InChI=1S/C21H25N7O3/c1-24-20(30)14-4-3-13-8-16(6-5-12(13)7-14)27-19-17(18(23)29)10-26-21(28-19)25-9-15(22)11-31-2/h3-8,10,15H,9,11,22H2,1-2H3,(H2,23,29)(H,24,30)(H2,25,26,27,28). The van der Waals surface area contributed by atoms with Crippen molar-refractivity contribution in [2.24, 2.45) is 11.5 Å². The molecule has 0 saturated carbocycles. The van der Waals surface area contributed by atoms with Crippen molar-refractivity contribution in [2.45, 2.75) is 6.04 Å². The van der Waals surface area contributed by atoms with Gasteiger partial charge < -0.3 is 32.2 Å². The normalized spacial score (nSPS) is 11.7. The van der Waals surface area contributed by atoms with Crippen molar-refractivity contribution < 1.29 is 14.3 Å². The number of nitrogens with zero attached hydrogens (tertiary/aromatic N) is 2. The first-order chi connectivity index (χ1) is 14.9. The van der Waals surface area contributed by atoms with Gasteiger partial charge in [-0.15, -0.1) is 0 Å².